The van der Waals surface area contributed by atoms with Gasteiger partial charge in [-0.15, -0.1) is 0 Å². The molecule has 1 amide bonds. The smallest absolute Gasteiger partial charge is 0.244 e. The molecule has 1 unspecified atom stereocenters. The molecule has 1 heterocycles. The number of carbonyl (C=O) groups excluding carboxylic acids is 1. The predicted octanol–water partition coefficient (Wildman–Crippen LogP) is 2.88. The van der Waals surface area contributed by atoms with Crippen LogP contribution in [0.4, 0.5) is 0 Å². The Hall–Kier alpha value is -3.30. The first-order valence-electron chi connectivity index (χ1n) is 10.4. The molecule has 0 radical (unpaired) electrons. The molecule has 0 aliphatic heterocycles. The van der Waals surface area contributed by atoms with E-state index in [2.05, 4.69) is 15.4 Å². The number of amides is 1. The highest BCUT2D eigenvalue weighted by Crippen LogP contribution is 2.17. The van der Waals surface area contributed by atoms with Crippen LogP contribution in [-0.4, -0.2) is 46.5 Å². The maximum Gasteiger partial charge on any atom is 0.244 e. The molecule has 0 aliphatic rings. The number of aromatic nitrogens is 3. The first-order chi connectivity index (χ1) is 15.4. The third-order valence-electron chi connectivity index (χ3n) is 5.01. The van der Waals surface area contributed by atoms with Crippen LogP contribution < -0.4 is 5.32 Å². The average molecular weight is 454 g/mol. The van der Waals surface area contributed by atoms with Crippen molar-refractivity contribution in [1.29, 1.82) is 0 Å². The Morgan fingerprint density at radius 2 is 1.78 bits per heavy atom. The van der Waals surface area contributed by atoms with Gasteiger partial charge in [0.2, 0.25) is 15.9 Å². The van der Waals surface area contributed by atoms with Crippen molar-refractivity contribution in [2.75, 3.05) is 13.1 Å². The molecule has 1 N–H and O–H groups in total. The second-order valence-electron chi connectivity index (χ2n) is 7.08. The van der Waals surface area contributed by atoms with Crippen LogP contribution in [0.3, 0.4) is 0 Å². The molecule has 168 valence electrons. The maximum absolute atomic E-state index is 12.6. The Labute approximate surface area is 188 Å². The van der Waals surface area contributed by atoms with E-state index in [1.165, 1.54) is 16.7 Å². The Morgan fingerprint density at radius 1 is 1.09 bits per heavy atom. The van der Waals surface area contributed by atoms with Gasteiger partial charge in [0.05, 0.1) is 17.5 Å². The molecule has 0 spiro atoms. The van der Waals surface area contributed by atoms with Gasteiger partial charge in [-0.3, -0.25) is 9.48 Å². The van der Waals surface area contributed by atoms with Crippen LogP contribution in [0, 0.1) is 0 Å². The highest BCUT2D eigenvalue weighted by molar-refractivity contribution is 7.89. The SMILES string of the molecule is CCN(CC)S(=O)(=O)c1ccc(/C=C/C(=O)NC(Cn2cncn2)c2ccccc2)cc1. The summed E-state index contributed by atoms with van der Waals surface area (Å²) in [4.78, 5) is 16.8. The zero-order chi connectivity index (χ0) is 23.0. The summed E-state index contributed by atoms with van der Waals surface area (Å²) >= 11 is 0. The second kappa shape index (κ2) is 10.8. The summed E-state index contributed by atoms with van der Waals surface area (Å²) < 4.78 is 28.3. The predicted molar refractivity (Wildman–Crippen MR) is 123 cm³/mol. The second-order valence-corrected chi connectivity index (χ2v) is 9.02. The van der Waals surface area contributed by atoms with Crippen LogP contribution >= 0.6 is 0 Å². The van der Waals surface area contributed by atoms with E-state index in [0.29, 0.717) is 19.6 Å². The Bertz CT molecular complexity index is 1120. The summed E-state index contributed by atoms with van der Waals surface area (Å²) in [5.41, 5.74) is 1.68. The largest absolute Gasteiger partial charge is 0.344 e. The van der Waals surface area contributed by atoms with E-state index in [0.717, 1.165) is 11.1 Å². The van der Waals surface area contributed by atoms with Crippen molar-refractivity contribution < 1.29 is 13.2 Å². The fourth-order valence-electron chi connectivity index (χ4n) is 3.29. The molecule has 32 heavy (non-hydrogen) atoms. The maximum atomic E-state index is 12.6. The number of hydrogen-bond acceptors (Lipinski definition) is 5. The summed E-state index contributed by atoms with van der Waals surface area (Å²) in [6.07, 6.45) is 6.14. The number of rotatable bonds is 10. The summed E-state index contributed by atoms with van der Waals surface area (Å²) in [7, 11) is -3.50. The molecule has 2 aromatic carbocycles. The third-order valence-corrected chi connectivity index (χ3v) is 7.07. The van der Waals surface area contributed by atoms with Gasteiger partial charge in [-0.05, 0) is 29.3 Å². The lowest BCUT2D eigenvalue weighted by Crippen LogP contribution is -2.30. The zero-order valence-electron chi connectivity index (χ0n) is 18.1. The topological polar surface area (TPSA) is 97.2 Å². The van der Waals surface area contributed by atoms with Crippen molar-refractivity contribution in [3.63, 3.8) is 0 Å². The van der Waals surface area contributed by atoms with Gasteiger partial charge in [-0.25, -0.2) is 13.4 Å². The lowest BCUT2D eigenvalue weighted by Gasteiger charge is -2.18. The molecule has 9 heteroatoms. The van der Waals surface area contributed by atoms with Gasteiger partial charge in [0, 0.05) is 19.2 Å². The lowest BCUT2D eigenvalue weighted by molar-refractivity contribution is -0.117. The summed E-state index contributed by atoms with van der Waals surface area (Å²) in [6, 6.07) is 15.8. The van der Waals surface area contributed by atoms with Crippen LogP contribution in [-0.2, 0) is 21.4 Å². The van der Waals surface area contributed by atoms with Gasteiger partial charge < -0.3 is 5.32 Å². The Kier molecular flexibility index (Phi) is 7.91. The number of nitrogens with one attached hydrogen (secondary N) is 1. The Morgan fingerprint density at radius 3 is 2.38 bits per heavy atom. The van der Waals surface area contributed by atoms with Crippen LogP contribution in [0.1, 0.15) is 31.0 Å². The van der Waals surface area contributed by atoms with Crippen molar-refractivity contribution >= 4 is 22.0 Å². The van der Waals surface area contributed by atoms with Gasteiger partial charge >= 0.3 is 0 Å². The minimum atomic E-state index is -3.50. The zero-order valence-corrected chi connectivity index (χ0v) is 18.9. The van der Waals surface area contributed by atoms with E-state index < -0.39 is 10.0 Å². The standard InChI is InChI=1S/C23H27N5O3S/c1-3-28(4-2)32(30,31)21-13-10-19(11-14-21)12-15-23(29)26-22(16-27-18-24-17-25-27)20-8-6-5-7-9-20/h5-15,17-18,22H,3-4,16H2,1-2H3,(H,26,29)/b15-12+. The number of hydrogen-bond donors (Lipinski definition) is 1. The molecule has 1 atom stereocenters. The molecule has 0 saturated carbocycles. The van der Waals surface area contributed by atoms with E-state index in [9.17, 15) is 13.2 Å². The first-order valence-corrected chi connectivity index (χ1v) is 11.8. The molecule has 0 fully saturated rings. The van der Waals surface area contributed by atoms with Gasteiger partial charge in [-0.2, -0.15) is 9.40 Å². The van der Waals surface area contributed by atoms with Crippen molar-refractivity contribution in [3.05, 3.63) is 84.5 Å². The summed E-state index contributed by atoms with van der Waals surface area (Å²) in [5, 5.41) is 7.11. The highest BCUT2D eigenvalue weighted by atomic mass is 32.2. The molecule has 0 bridgehead atoms. The van der Waals surface area contributed by atoms with E-state index in [-0.39, 0.29) is 16.8 Å². The minimum Gasteiger partial charge on any atom is -0.344 e. The van der Waals surface area contributed by atoms with E-state index in [4.69, 9.17) is 0 Å². The van der Waals surface area contributed by atoms with Gasteiger partial charge in [0.25, 0.3) is 0 Å². The molecule has 8 nitrogen and oxygen atoms in total. The number of benzene rings is 2. The van der Waals surface area contributed by atoms with Gasteiger partial charge in [0.15, 0.2) is 0 Å². The van der Waals surface area contributed by atoms with E-state index in [1.807, 2.05) is 44.2 Å². The van der Waals surface area contributed by atoms with E-state index in [1.54, 1.807) is 41.4 Å². The molecule has 0 saturated heterocycles. The van der Waals surface area contributed by atoms with Crippen LogP contribution in [0.15, 0.2) is 78.2 Å². The fourth-order valence-corrected chi connectivity index (χ4v) is 4.75. The fraction of sp³-hybridized carbons (Fsp3) is 0.261. The van der Waals surface area contributed by atoms with Crippen molar-refractivity contribution in [3.8, 4) is 0 Å². The highest BCUT2D eigenvalue weighted by Gasteiger charge is 2.21. The van der Waals surface area contributed by atoms with Crippen LogP contribution in [0.5, 0.6) is 0 Å². The van der Waals surface area contributed by atoms with Crippen molar-refractivity contribution in [1.82, 2.24) is 24.4 Å². The Balaban J connectivity index is 1.69. The first kappa shape index (κ1) is 23.4. The van der Waals surface area contributed by atoms with Gasteiger partial charge in [-0.1, -0.05) is 56.3 Å². The lowest BCUT2D eigenvalue weighted by atomic mass is 10.1. The number of sulfonamides is 1. The quantitative estimate of drug-likeness (QED) is 0.476. The summed E-state index contributed by atoms with van der Waals surface area (Å²) in [5.74, 6) is -0.265. The van der Waals surface area contributed by atoms with Gasteiger partial charge in [0.1, 0.15) is 12.7 Å². The van der Waals surface area contributed by atoms with Crippen LogP contribution in [0.2, 0.25) is 0 Å². The molecule has 1 aromatic heterocycles. The summed E-state index contributed by atoms with van der Waals surface area (Å²) in [6.45, 7) is 4.89. The van der Waals surface area contributed by atoms with E-state index >= 15 is 0 Å². The molecule has 3 aromatic rings. The normalized spacial score (nSPS) is 12.8. The molecule has 3 rings (SSSR count). The minimum absolute atomic E-state index is 0.236. The molecule has 0 aliphatic carbocycles. The van der Waals surface area contributed by atoms with Crippen LogP contribution in [0.25, 0.3) is 6.08 Å². The number of carbonyl (C=O) groups is 1. The molecular formula is C23H27N5O3S. The third kappa shape index (κ3) is 5.89. The monoisotopic (exact) mass is 453 g/mol. The number of nitrogens with zero attached hydrogens (tertiary/aromatic N) is 4. The average Bonchev–Trinajstić information content (AvgIpc) is 3.32. The van der Waals surface area contributed by atoms with Crippen molar-refractivity contribution in [2.24, 2.45) is 0 Å². The molecular weight excluding hydrogens is 426 g/mol. The van der Waals surface area contributed by atoms with Crippen molar-refractivity contribution in [2.45, 2.75) is 31.3 Å².